The second kappa shape index (κ2) is 7.24. The third kappa shape index (κ3) is 4.63. The summed E-state index contributed by atoms with van der Waals surface area (Å²) < 4.78 is 63.8. The van der Waals surface area contributed by atoms with Crippen molar-refractivity contribution in [3.05, 3.63) is 0 Å². The third-order valence-electron chi connectivity index (χ3n) is 1.81. The summed E-state index contributed by atoms with van der Waals surface area (Å²) in [4.78, 5) is 20.7. The number of halogens is 4. The van der Waals surface area contributed by atoms with Gasteiger partial charge in [-0.15, -0.1) is 0 Å². The minimum absolute atomic E-state index is 0.0930. The van der Waals surface area contributed by atoms with Crippen LogP contribution < -0.4 is 0 Å². The molecule has 1 N–H and O–H groups in total. The first kappa shape index (κ1) is 17.6. The lowest BCUT2D eigenvalue weighted by Crippen LogP contribution is -2.53. The molecule has 0 aromatic carbocycles. The number of carboxylic acid groups (broad SMARTS) is 1. The maximum Gasteiger partial charge on any atom is 0.415 e. The molecule has 0 aromatic rings. The minimum Gasteiger partial charge on any atom is -0.477 e. The molecule has 0 unspecified atom stereocenters. The summed E-state index contributed by atoms with van der Waals surface area (Å²) in [5.74, 6) is -16.7. The maximum atomic E-state index is 12.8. The lowest BCUT2D eigenvalue weighted by atomic mass is 10.2. The molecule has 0 fully saturated rings. The highest BCUT2D eigenvalue weighted by molar-refractivity contribution is 5.89. The fourth-order valence-corrected chi connectivity index (χ4v) is 0.791. The molecular weight excluding hydrogens is 280 g/mol. The molecule has 6 nitrogen and oxygen atoms in total. The van der Waals surface area contributed by atoms with E-state index >= 15 is 0 Å². The Morgan fingerprint density at radius 3 is 2.00 bits per heavy atom. The van der Waals surface area contributed by atoms with E-state index in [-0.39, 0.29) is 19.8 Å². The summed E-state index contributed by atoms with van der Waals surface area (Å²) in [5, 5.41) is 7.92. The van der Waals surface area contributed by atoms with Gasteiger partial charge in [0.25, 0.3) is 0 Å². The highest BCUT2D eigenvalue weighted by Crippen LogP contribution is 2.35. The largest absolute Gasteiger partial charge is 0.477 e. The smallest absolute Gasteiger partial charge is 0.415 e. The predicted octanol–water partition coefficient (Wildman–Crippen LogP) is 0.548. The Balaban J connectivity index is 4.23. The van der Waals surface area contributed by atoms with Gasteiger partial charge in [0.05, 0.1) is 19.8 Å². The molecule has 0 spiro atoms. The predicted molar refractivity (Wildman–Crippen MR) is 51.2 cm³/mol. The van der Waals surface area contributed by atoms with Gasteiger partial charge >= 0.3 is 23.8 Å². The Morgan fingerprint density at radius 2 is 1.53 bits per heavy atom. The first-order valence-electron chi connectivity index (χ1n) is 4.90. The van der Waals surface area contributed by atoms with Crippen molar-refractivity contribution in [2.75, 3.05) is 33.5 Å². The zero-order valence-electron chi connectivity index (χ0n) is 9.83. The van der Waals surface area contributed by atoms with E-state index in [2.05, 4.69) is 9.47 Å². The van der Waals surface area contributed by atoms with Crippen molar-refractivity contribution in [1.29, 1.82) is 0 Å². The van der Waals surface area contributed by atoms with Crippen molar-refractivity contribution < 1.29 is 46.5 Å². The molecule has 0 bridgehead atoms. The van der Waals surface area contributed by atoms with Crippen molar-refractivity contribution in [2.45, 2.75) is 11.8 Å². The molecule has 0 atom stereocenters. The fourth-order valence-electron chi connectivity index (χ4n) is 0.791. The first-order valence-corrected chi connectivity index (χ1v) is 4.90. The number of carboxylic acids is 1. The van der Waals surface area contributed by atoms with Crippen molar-refractivity contribution >= 4 is 11.9 Å². The standard InChI is InChI=1S/C9H12F4O6/c1-17-2-3-18-4-5-19-7(16)9(12,13)8(10,11)6(14)15/h2-5H2,1H3,(H,14,15). The number of alkyl halides is 4. The second-order valence-electron chi connectivity index (χ2n) is 3.20. The molecule has 0 aliphatic heterocycles. The molecular formula is C9H12F4O6. The van der Waals surface area contributed by atoms with Crippen LogP contribution in [0.15, 0.2) is 0 Å². The molecule has 0 aliphatic rings. The average molecular weight is 292 g/mol. The number of hydrogen-bond acceptors (Lipinski definition) is 5. The number of hydrogen-bond donors (Lipinski definition) is 1. The SMILES string of the molecule is COCCOCCOC(=O)C(F)(F)C(F)(F)C(=O)O. The van der Waals surface area contributed by atoms with Gasteiger partial charge in [0.1, 0.15) is 6.61 Å². The Bertz CT molecular complexity index is 320. The molecule has 19 heavy (non-hydrogen) atoms. The minimum atomic E-state index is -5.54. The Morgan fingerprint density at radius 1 is 1.00 bits per heavy atom. The molecule has 112 valence electrons. The van der Waals surface area contributed by atoms with E-state index in [1.807, 2.05) is 0 Å². The van der Waals surface area contributed by atoms with Gasteiger partial charge in [-0.2, -0.15) is 17.6 Å². The third-order valence-corrected chi connectivity index (χ3v) is 1.81. The van der Waals surface area contributed by atoms with Gasteiger partial charge in [0.15, 0.2) is 0 Å². The average Bonchev–Trinajstić information content (AvgIpc) is 2.32. The van der Waals surface area contributed by atoms with E-state index in [1.54, 1.807) is 0 Å². The van der Waals surface area contributed by atoms with Crippen LogP contribution in [0.25, 0.3) is 0 Å². The number of carbonyl (C=O) groups excluding carboxylic acids is 1. The van der Waals surface area contributed by atoms with E-state index in [4.69, 9.17) is 9.84 Å². The van der Waals surface area contributed by atoms with E-state index in [0.717, 1.165) is 0 Å². The molecule has 0 aliphatic carbocycles. The molecule has 0 saturated heterocycles. The normalized spacial score (nSPS) is 12.3. The molecule has 0 rings (SSSR count). The van der Waals surface area contributed by atoms with Crippen LogP contribution >= 0.6 is 0 Å². The molecule has 0 amide bonds. The summed E-state index contributed by atoms with van der Waals surface area (Å²) in [6, 6.07) is 0. The molecule has 0 aromatic heterocycles. The van der Waals surface area contributed by atoms with Crippen molar-refractivity contribution in [3.63, 3.8) is 0 Å². The topological polar surface area (TPSA) is 82.1 Å². The van der Waals surface area contributed by atoms with Crippen LogP contribution in [-0.2, 0) is 23.8 Å². The van der Waals surface area contributed by atoms with Gasteiger partial charge in [0, 0.05) is 7.11 Å². The lowest BCUT2D eigenvalue weighted by molar-refractivity contribution is -0.235. The van der Waals surface area contributed by atoms with Crippen LogP contribution in [0.2, 0.25) is 0 Å². The van der Waals surface area contributed by atoms with Crippen LogP contribution in [0.4, 0.5) is 17.6 Å². The van der Waals surface area contributed by atoms with Gasteiger partial charge in [-0.05, 0) is 0 Å². The Labute approximate surface area is 105 Å². The summed E-state index contributed by atoms with van der Waals surface area (Å²) in [6.45, 7) is -0.728. The Hall–Kier alpha value is -1.42. The first-order chi connectivity index (χ1) is 8.67. The van der Waals surface area contributed by atoms with Crippen LogP contribution in [0.1, 0.15) is 0 Å². The van der Waals surface area contributed by atoms with Crippen LogP contribution in [-0.4, -0.2) is 62.4 Å². The van der Waals surface area contributed by atoms with E-state index in [0.29, 0.717) is 0 Å². The van der Waals surface area contributed by atoms with Gasteiger partial charge in [-0.3, -0.25) is 0 Å². The summed E-state index contributed by atoms with van der Waals surface area (Å²) in [5.41, 5.74) is 0. The van der Waals surface area contributed by atoms with Gasteiger partial charge in [-0.1, -0.05) is 0 Å². The van der Waals surface area contributed by atoms with E-state index in [1.165, 1.54) is 7.11 Å². The quantitative estimate of drug-likeness (QED) is 0.379. The molecule has 10 heteroatoms. The van der Waals surface area contributed by atoms with Crippen LogP contribution in [0.3, 0.4) is 0 Å². The van der Waals surface area contributed by atoms with Crippen LogP contribution in [0.5, 0.6) is 0 Å². The monoisotopic (exact) mass is 292 g/mol. The van der Waals surface area contributed by atoms with Gasteiger partial charge < -0.3 is 19.3 Å². The number of methoxy groups -OCH3 is 1. The lowest BCUT2D eigenvalue weighted by Gasteiger charge is -2.20. The zero-order valence-corrected chi connectivity index (χ0v) is 9.83. The van der Waals surface area contributed by atoms with Crippen molar-refractivity contribution in [2.24, 2.45) is 0 Å². The second-order valence-corrected chi connectivity index (χ2v) is 3.20. The van der Waals surface area contributed by atoms with E-state index < -0.39 is 30.4 Å². The molecule has 0 heterocycles. The molecule has 0 radical (unpaired) electrons. The fraction of sp³-hybridized carbons (Fsp3) is 0.778. The number of esters is 1. The highest BCUT2D eigenvalue weighted by atomic mass is 19.3. The Kier molecular flexibility index (Phi) is 6.70. The zero-order chi connectivity index (χ0) is 15.1. The van der Waals surface area contributed by atoms with Crippen molar-refractivity contribution in [1.82, 2.24) is 0 Å². The van der Waals surface area contributed by atoms with Gasteiger partial charge in [-0.25, -0.2) is 9.59 Å². The van der Waals surface area contributed by atoms with Crippen LogP contribution in [0, 0.1) is 0 Å². The summed E-state index contributed by atoms with van der Waals surface area (Å²) in [6.07, 6.45) is 0. The van der Waals surface area contributed by atoms with E-state index in [9.17, 15) is 27.2 Å². The number of carbonyl (C=O) groups is 2. The molecule has 0 saturated carbocycles. The number of ether oxygens (including phenoxy) is 3. The number of rotatable bonds is 9. The summed E-state index contributed by atoms with van der Waals surface area (Å²) in [7, 11) is 1.39. The maximum absolute atomic E-state index is 12.8. The number of aliphatic carboxylic acids is 1. The van der Waals surface area contributed by atoms with Gasteiger partial charge in [0.2, 0.25) is 0 Å². The van der Waals surface area contributed by atoms with Crippen molar-refractivity contribution in [3.8, 4) is 0 Å². The summed E-state index contributed by atoms with van der Waals surface area (Å²) >= 11 is 0. The highest BCUT2D eigenvalue weighted by Gasteiger charge is 2.68.